The SMILES string of the molecule is Cc1cc(F)cc(NC(C(N)=O)c2cc(Cl)cc(Cl)c2)c1. The Morgan fingerprint density at radius 2 is 1.76 bits per heavy atom. The van der Waals surface area contributed by atoms with Crippen molar-refractivity contribution in [2.45, 2.75) is 13.0 Å². The first-order valence-corrected chi connectivity index (χ1v) is 6.90. The van der Waals surface area contributed by atoms with E-state index in [9.17, 15) is 9.18 Å². The minimum Gasteiger partial charge on any atom is -0.370 e. The van der Waals surface area contributed by atoms with E-state index in [1.165, 1.54) is 12.1 Å². The third-order valence-electron chi connectivity index (χ3n) is 2.86. The van der Waals surface area contributed by atoms with E-state index in [2.05, 4.69) is 5.32 Å². The molecule has 0 bridgehead atoms. The van der Waals surface area contributed by atoms with Gasteiger partial charge in [-0.2, -0.15) is 0 Å². The number of hydrogen-bond donors (Lipinski definition) is 2. The van der Waals surface area contributed by atoms with Crippen molar-refractivity contribution < 1.29 is 9.18 Å². The molecule has 1 unspecified atom stereocenters. The van der Waals surface area contributed by atoms with Gasteiger partial charge in [0.2, 0.25) is 5.91 Å². The molecule has 2 aromatic rings. The Bertz CT molecular complexity index is 651. The molecule has 6 heteroatoms. The van der Waals surface area contributed by atoms with Crippen molar-refractivity contribution in [3.05, 3.63) is 63.4 Å². The normalized spacial score (nSPS) is 12.0. The van der Waals surface area contributed by atoms with Crippen molar-refractivity contribution in [3.8, 4) is 0 Å². The largest absolute Gasteiger partial charge is 0.370 e. The van der Waals surface area contributed by atoms with Gasteiger partial charge in [-0.3, -0.25) is 4.79 Å². The number of nitrogens with one attached hydrogen (secondary N) is 1. The van der Waals surface area contributed by atoms with Crippen molar-refractivity contribution in [2.24, 2.45) is 5.73 Å². The standard InChI is InChI=1S/C15H13Cl2FN2O/c1-8-2-12(18)7-13(3-8)20-14(15(19)21)9-4-10(16)6-11(17)5-9/h2-7,14,20H,1H3,(H2,19,21). The van der Waals surface area contributed by atoms with Crippen molar-refractivity contribution in [1.82, 2.24) is 0 Å². The van der Waals surface area contributed by atoms with Gasteiger partial charge in [0.05, 0.1) is 0 Å². The van der Waals surface area contributed by atoms with Crippen LogP contribution in [-0.4, -0.2) is 5.91 Å². The van der Waals surface area contributed by atoms with Crippen LogP contribution < -0.4 is 11.1 Å². The number of primary amides is 1. The molecule has 1 amide bonds. The second-order valence-electron chi connectivity index (χ2n) is 4.70. The van der Waals surface area contributed by atoms with Gasteiger partial charge in [-0.1, -0.05) is 23.2 Å². The van der Waals surface area contributed by atoms with E-state index in [0.29, 0.717) is 21.3 Å². The molecular weight excluding hydrogens is 314 g/mol. The summed E-state index contributed by atoms with van der Waals surface area (Å²) in [5.41, 5.74) is 7.11. The number of aryl methyl sites for hydroxylation is 1. The molecule has 21 heavy (non-hydrogen) atoms. The van der Waals surface area contributed by atoms with E-state index in [0.717, 1.165) is 5.56 Å². The molecule has 0 spiro atoms. The molecule has 0 heterocycles. The molecule has 3 nitrogen and oxygen atoms in total. The Morgan fingerprint density at radius 3 is 2.29 bits per heavy atom. The molecule has 0 radical (unpaired) electrons. The lowest BCUT2D eigenvalue weighted by Gasteiger charge is -2.18. The minimum absolute atomic E-state index is 0.390. The molecule has 0 aromatic heterocycles. The summed E-state index contributed by atoms with van der Waals surface area (Å²) in [6, 6.07) is 8.25. The molecule has 0 aliphatic heterocycles. The number of amides is 1. The number of rotatable bonds is 4. The molecule has 0 aliphatic rings. The summed E-state index contributed by atoms with van der Waals surface area (Å²) in [6.07, 6.45) is 0. The molecular formula is C15H13Cl2FN2O. The maximum atomic E-state index is 13.4. The quantitative estimate of drug-likeness (QED) is 0.889. The van der Waals surface area contributed by atoms with Crippen LogP contribution in [-0.2, 0) is 4.79 Å². The summed E-state index contributed by atoms with van der Waals surface area (Å²) in [4.78, 5) is 11.7. The van der Waals surface area contributed by atoms with Gasteiger partial charge in [0.15, 0.2) is 0 Å². The Morgan fingerprint density at radius 1 is 1.14 bits per heavy atom. The van der Waals surface area contributed by atoms with Gasteiger partial charge in [-0.15, -0.1) is 0 Å². The smallest absolute Gasteiger partial charge is 0.244 e. The van der Waals surface area contributed by atoms with E-state index in [1.54, 1.807) is 31.2 Å². The summed E-state index contributed by atoms with van der Waals surface area (Å²) in [5.74, 6) is -1.01. The number of benzene rings is 2. The summed E-state index contributed by atoms with van der Waals surface area (Å²) in [5, 5.41) is 3.68. The fraction of sp³-hybridized carbons (Fsp3) is 0.133. The van der Waals surface area contributed by atoms with Gasteiger partial charge in [-0.25, -0.2) is 4.39 Å². The Hall–Kier alpha value is -1.78. The van der Waals surface area contributed by atoms with Crippen LogP contribution in [0.4, 0.5) is 10.1 Å². The number of carbonyl (C=O) groups is 1. The number of carbonyl (C=O) groups excluding carboxylic acids is 1. The third-order valence-corrected chi connectivity index (χ3v) is 3.29. The maximum Gasteiger partial charge on any atom is 0.244 e. The van der Waals surface area contributed by atoms with Gasteiger partial charge in [0.25, 0.3) is 0 Å². The van der Waals surface area contributed by atoms with Crippen LogP contribution in [0.2, 0.25) is 10.0 Å². The van der Waals surface area contributed by atoms with Crippen LogP contribution in [0.3, 0.4) is 0 Å². The Balaban J connectivity index is 2.37. The van der Waals surface area contributed by atoms with E-state index < -0.39 is 17.8 Å². The first-order chi connectivity index (χ1) is 9.85. The second-order valence-corrected chi connectivity index (χ2v) is 5.57. The number of anilines is 1. The third kappa shape index (κ3) is 4.09. The van der Waals surface area contributed by atoms with Crippen molar-refractivity contribution in [3.63, 3.8) is 0 Å². The molecule has 3 N–H and O–H groups in total. The first kappa shape index (κ1) is 15.6. The molecule has 1 atom stereocenters. The minimum atomic E-state index is -0.859. The van der Waals surface area contributed by atoms with Crippen LogP contribution in [0, 0.1) is 12.7 Å². The molecule has 2 rings (SSSR count). The highest BCUT2D eigenvalue weighted by molar-refractivity contribution is 6.34. The summed E-state index contributed by atoms with van der Waals surface area (Å²) >= 11 is 11.9. The Labute approximate surface area is 131 Å². The zero-order valence-electron chi connectivity index (χ0n) is 11.2. The monoisotopic (exact) mass is 326 g/mol. The summed E-state index contributed by atoms with van der Waals surface area (Å²) in [7, 11) is 0. The lowest BCUT2D eigenvalue weighted by atomic mass is 10.1. The fourth-order valence-electron chi connectivity index (χ4n) is 2.05. The molecule has 0 aliphatic carbocycles. The fourth-order valence-corrected chi connectivity index (χ4v) is 2.59. The molecule has 0 fully saturated rings. The van der Waals surface area contributed by atoms with Gasteiger partial charge in [-0.05, 0) is 54.4 Å². The zero-order chi connectivity index (χ0) is 15.6. The Kier molecular flexibility index (Phi) is 4.70. The highest BCUT2D eigenvalue weighted by Crippen LogP contribution is 2.26. The first-order valence-electron chi connectivity index (χ1n) is 6.14. The van der Waals surface area contributed by atoms with Crippen molar-refractivity contribution in [2.75, 3.05) is 5.32 Å². The topological polar surface area (TPSA) is 55.1 Å². The van der Waals surface area contributed by atoms with Gasteiger partial charge in [0.1, 0.15) is 11.9 Å². The predicted molar refractivity (Wildman–Crippen MR) is 83.2 cm³/mol. The number of halogens is 3. The highest BCUT2D eigenvalue weighted by Gasteiger charge is 2.19. The average Bonchev–Trinajstić information content (AvgIpc) is 2.33. The predicted octanol–water partition coefficient (Wildman–Crippen LogP) is 4.08. The summed E-state index contributed by atoms with van der Waals surface area (Å²) < 4.78 is 13.4. The van der Waals surface area contributed by atoms with Crippen LogP contribution in [0.5, 0.6) is 0 Å². The van der Waals surface area contributed by atoms with Crippen molar-refractivity contribution >= 4 is 34.8 Å². The number of hydrogen-bond acceptors (Lipinski definition) is 2. The van der Waals surface area contributed by atoms with Crippen LogP contribution in [0.1, 0.15) is 17.2 Å². The maximum absolute atomic E-state index is 13.4. The van der Waals surface area contributed by atoms with Crippen LogP contribution in [0.15, 0.2) is 36.4 Å². The molecule has 2 aromatic carbocycles. The van der Waals surface area contributed by atoms with Crippen LogP contribution in [0.25, 0.3) is 0 Å². The average molecular weight is 327 g/mol. The van der Waals surface area contributed by atoms with Crippen molar-refractivity contribution in [1.29, 1.82) is 0 Å². The van der Waals surface area contributed by atoms with E-state index >= 15 is 0 Å². The zero-order valence-corrected chi connectivity index (χ0v) is 12.7. The number of nitrogens with two attached hydrogens (primary N) is 1. The van der Waals surface area contributed by atoms with Gasteiger partial charge >= 0.3 is 0 Å². The lowest BCUT2D eigenvalue weighted by Crippen LogP contribution is -2.27. The summed E-state index contributed by atoms with van der Waals surface area (Å²) in [6.45, 7) is 1.75. The molecule has 110 valence electrons. The molecule has 0 saturated carbocycles. The van der Waals surface area contributed by atoms with Gasteiger partial charge < -0.3 is 11.1 Å². The van der Waals surface area contributed by atoms with E-state index in [1.807, 2.05) is 0 Å². The van der Waals surface area contributed by atoms with Crippen LogP contribution >= 0.6 is 23.2 Å². The second kappa shape index (κ2) is 6.33. The van der Waals surface area contributed by atoms with E-state index in [-0.39, 0.29) is 0 Å². The molecule has 0 saturated heterocycles. The highest BCUT2D eigenvalue weighted by atomic mass is 35.5. The lowest BCUT2D eigenvalue weighted by molar-refractivity contribution is -0.118. The van der Waals surface area contributed by atoms with E-state index in [4.69, 9.17) is 28.9 Å². The van der Waals surface area contributed by atoms with Gasteiger partial charge in [0, 0.05) is 15.7 Å².